The normalized spacial score (nSPS) is 10.9. The van der Waals surface area contributed by atoms with Crippen LogP contribution in [0.5, 0.6) is 6.01 Å². The number of H-pyrrole nitrogens is 1. The Morgan fingerprint density at radius 3 is 3.00 bits per heavy atom. The van der Waals surface area contributed by atoms with Gasteiger partial charge in [-0.1, -0.05) is 0 Å². The third-order valence-electron chi connectivity index (χ3n) is 1.94. The first-order valence-corrected chi connectivity index (χ1v) is 4.85. The van der Waals surface area contributed by atoms with E-state index in [1.165, 1.54) is 10.6 Å². The predicted octanol–water partition coefficient (Wildman–Crippen LogP) is -0.0373. The SMILES string of the molecule is CCOc1nc2nc(COC)cc(=O)n2[nH]1. The van der Waals surface area contributed by atoms with Gasteiger partial charge in [-0.3, -0.25) is 4.79 Å². The molecule has 0 aromatic carbocycles. The largest absolute Gasteiger partial charge is 0.464 e. The average Bonchev–Trinajstić information content (AvgIpc) is 2.62. The van der Waals surface area contributed by atoms with E-state index in [4.69, 9.17) is 9.47 Å². The summed E-state index contributed by atoms with van der Waals surface area (Å²) < 4.78 is 11.3. The highest BCUT2D eigenvalue weighted by Crippen LogP contribution is 2.04. The lowest BCUT2D eigenvalue weighted by atomic mass is 10.4. The first-order valence-electron chi connectivity index (χ1n) is 4.85. The molecule has 1 N–H and O–H groups in total. The molecule has 0 aliphatic rings. The van der Waals surface area contributed by atoms with Gasteiger partial charge >= 0.3 is 6.01 Å². The van der Waals surface area contributed by atoms with Crippen LogP contribution in [-0.4, -0.2) is 33.3 Å². The van der Waals surface area contributed by atoms with Crippen LogP contribution in [0.25, 0.3) is 5.78 Å². The molecule has 7 nitrogen and oxygen atoms in total. The molecule has 0 unspecified atom stereocenters. The van der Waals surface area contributed by atoms with Gasteiger partial charge in [-0.15, -0.1) is 0 Å². The molecule has 0 atom stereocenters. The fraction of sp³-hybridized carbons (Fsp3) is 0.444. The van der Waals surface area contributed by atoms with Gasteiger partial charge in [0.1, 0.15) is 0 Å². The van der Waals surface area contributed by atoms with E-state index < -0.39 is 0 Å². The van der Waals surface area contributed by atoms with Crippen molar-refractivity contribution >= 4 is 5.78 Å². The topological polar surface area (TPSA) is 81.5 Å². The van der Waals surface area contributed by atoms with Crippen LogP contribution in [0.4, 0.5) is 0 Å². The summed E-state index contributed by atoms with van der Waals surface area (Å²) in [5.41, 5.74) is 0.303. The van der Waals surface area contributed by atoms with Gasteiger partial charge in [0.05, 0.1) is 18.9 Å². The third-order valence-corrected chi connectivity index (χ3v) is 1.94. The van der Waals surface area contributed by atoms with Crippen molar-refractivity contribution in [3.05, 3.63) is 22.1 Å². The molecule has 2 aromatic rings. The van der Waals surface area contributed by atoms with Crippen molar-refractivity contribution in [2.75, 3.05) is 13.7 Å². The Morgan fingerprint density at radius 1 is 1.50 bits per heavy atom. The minimum Gasteiger partial charge on any atom is -0.464 e. The first kappa shape index (κ1) is 10.6. The highest BCUT2D eigenvalue weighted by atomic mass is 16.5. The summed E-state index contributed by atoms with van der Waals surface area (Å²) in [7, 11) is 1.54. The Bertz CT molecular complexity index is 545. The standard InChI is InChI=1S/C9H12N4O3/c1-3-16-9-11-8-10-6(5-15-2)4-7(14)13(8)12-9/h4H,3,5H2,1-2H3,(H,10,11,12). The molecule has 0 amide bonds. The number of hydrogen-bond acceptors (Lipinski definition) is 5. The van der Waals surface area contributed by atoms with Gasteiger partial charge in [0.25, 0.3) is 11.3 Å². The van der Waals surface area contributed by atoms with Crippen LogP contribution in [0.3, 0.4) is 0 Å². The van der Waals surface area contributed by atoms with Gasteiger partial charge in [-0.25, -0.2) is 10.1 Å². The maximum absolute atomic E-state index is 11.6. The minimum absolute atomic E-state index is 0.240. The number of fused-ring (bicyclic) bond motifs is 1. The van der Waals surface area contributed by atoms with Crippen molar-refractivity contribution in [2.45, 2.75) is 13.5 Å². The van der Waals surface area contributed by atoms with Crippen LogP contribution in [0.2, 0.25) is 0 Å². The van der Waals surface area contributed by atoms with Crippen molar-refractivity contribution in [1.82, 2.24) is 19.6 Å². The monoisotopic (exact) mass is 224 g/mol. The third kappa shape index (κ3) is 1.89. The lowest BCUT2D eigenvalue weighted by Crippen LogP contribution is -2.16. The maximum Gasteiger partial charge on any atom is 0.312 e. The Balaban J connectivity index is 2.50. The first-order chi connectivity index (χ1) is 7.74. The minimum atomic E-state index is -0.240. The molecule has 0 fully saturated rings. The summed E-state index contributed by atoms with van der Waals surface area (Å²) in [6, 6.07) is 1.67. The molecule has 86 valence electrons. The number of hydrogen-bond donors (Lipinski definition) is 1. The van der Waals surface area contributed by atoms with E-state index in [9.17, 15) is 4.79 Å². The van der Waals surface area contributed by atoms with Crippen LogP contribution in [-0.2, 0) is 11.3 Å². The van der Waals surface area contributed by atoms with Gasteiger partial charge < -0.3 is 9.47 Å². The second-order valence-electron chi connectivity index (χ2n) is 3.12. The number of nitrogens with one attached hydrogen (secondary N) is 1. The molecule has 7 heteroatoms. The van der Waals surface area contributed by atoms with Crippen LogP contribution in [0, 0.1) is 0 Å². The number of aromatic nitrogens is 4. The number of aromatic amines is 1. The molecular formula is C9H12N4O3. The zero-order valence-electron chi connectivity index (χ0n) is 9.06. The Kier molecular flexibility index (Phi) is 2.86. The molecular weight excluding hydrogens is 212 g/mol. The van der Waals surface area contributed by atoms with Gasteiger partial charge in [-0.05, 0) is 6.92 Å². The van der Waals surface area contributed by atoms with E-state index in [0.717, 1.165) is 0 Å². The van der Waals surface area contributed by atoms with Crippen LogP contribution >= 0.6 is 0 Å². The van der Waals surface area contributed by atoms with E-state index >= 15 is 0 Å². The zero-order chi connectivity index (χ0) is 11.5. The van der Waals surface area contributed by atoms with Crippen molar-refractivity contribution in [3.63, 3.8) is 0 Å². The summed E-state index contributed by atoms with van der Waals surface area (Å²) in [5.74, 6) is 0.281. The highest BCUT2D eigenvalue weighted by Gasteiger charge is 2.07. The summed E-state index contributed by atoms with van der Waals surface area (Å²) in [6.45, 7) is 2.59. The van der Waals surface area contributed by atoms with Gasteiger partial charge in [-0.2, -0.15) is 9.50 Å². The molecule has 2 rings (SSSR count). The molecule has 2 heterocycles. The van der Waals surface area contributed by atoms with E-state index in [2.05, 4.69) is 15.1 Å². The smallest absolute Gasteiger partial charge is 0.312 e. The van der Waals surface area contributed by atoms with Crippen LogP contribution < -0.4 is 10.3 Å². The predicted molar refractivity (Wildman–Crippen MR) is 55.5 cm³/mol. The number of rotatable bonds is 4. The molecule has 0 radical (unpaired) electrons. The van der Waals surface area contributed by atoms with E-state index in [1.54, 1.807) is 7.11 Å². The lowest BCUT2D eigenvalue weighted by molar-refractivity contribution is 0.181. The molecule has 16 heavy (non-hydrogen) atoms. The van der Waals surface area contributed by atoms with E-state index in [1.807, 2.05) is 6.92 Å². The van der Waals surface area contributed by atoms with Gasteiger partial charge in [0.15, 0.2) is 0 Å². The fourth-order valence-corrected chi connectivity index (χ4v) is 1.33. The quantitative estimate of drug-likeness (QED) is 0.788. The summed E-state index contributed by atoms with van der Waals surface area (Å²) in [5, 5.41) is 2.70. The Hall–Kier alpha value is -1.89. The molecule has 0 aliphatic heterocycles. The number of ether oxygens (including phenoxy) is 2. The van der Waals surface area contributed by atoms with Gasteiger partial charge in [0, 0.05) is 13.2 Å². The summed E-state index contributed by atoms with van der Waals surface area (Å²) in [4.78, 5) is 19.8. The molecule has 0 bridgehead atoms. The molecule has 2 aromatic heterocycles. The second-order valence-corrected chi connectivity index (χ2v) is 3.12. The van der Waals surface area contributed by atoms with Crippen molar-refractivity contribution in [1.29, 1.82) is 0 Å². The second kappa shape index (κ2) is 4.31. The summed E-state index contributed by atoms with van der Waals surface area (Å²) >= 11 is 0. The highest BCUT2D eigenvalue weighted by molar-refractivity contribution is 5.29. The molecule has 0 aliphatic carbocycles. The molecule has 0 spiro atoms. The fourth-order valence-electron chi connectivity index (χ4n) is 1.33. The number of nitrogens with zero attached hydrogens (tertiary/aromatic N) is 3. The molecule has 0 saturated carbocycles. The van der Waals surface area contributed by atoms with Gasteiger partial charge in [0.2, 0.25) is 0 Å². The average molecular weight is 224 g/mol. The maximum atomic E-state index is 11.6. The Morgan fingerprint density at radius 2 is 2.31 bits per heavy atom. The van der Waals surface area contributed by atoms with E-state index in [0.29, 0.717) is 12.3 Å². The lowest BCUT2D eigenvalue weighted by Gasteiger charge is -1.96. The molecule has 0 saturated heterocycles. The summed E-state index contributed by atoms with van der Waals surface area (Å²) in [6.07, 6.45) is 0. The van der Waals surface area contributed by atoms with Crippen LogP contribution in [0.1, 0.15) is 12.6 Å². The zero-order valence-corrected chi connectivity index (χ0v) is 9.06. The van der Waals surface area contributed by atoms with Crippen LogP contribution in [0.15, 0.2) is 10.9 Å². The Labute approximate surface area is 91.0 Å². The van der Waals surface area contributed by atoms with Crippen molar-refractivity contribution in [3.8, 4) is 6.01 Å². The van der Waals surface area contributed by atoms with E-state index in [-0.39, 0.29) is 24.0 Å². The number of methoxy groups -OCH3 is 1. The van der Waals surface area contributed by atoms with Crippen molar-refractivity contribution < 1.29 is 9.47 Å². The van der Waals surface area contributed by atoms with Crippen molar-refractivity contribution in [2.24, 2.45) is 0 Å².